The van der Waals surface area contributed by atoms with Crippen molar-refractivity contribution in [2.75, 3.05) is 6.61 Å². The summed E-state index contributed by atoms with van der Waals surface area (Å²) in [6.45, 7) is 1.70. The maximum absolute atomic E-state index is 11.9. The summed E-state index contributed by atoms with van der Waals surface area (Å²) >= 11 is 0. The van der Waals surface area contributed by atoms with Crippen molar-refractivity contribution in [2.45, 2.75) is 38.6 Å². The molecule has 0 aliphatic heterocycles. The van der Waals surface area contributed by atoms with Crippen LogP contribution in [-0.2, 0) is 20.7 Å². The summed E-state index contributed by atoms with van der Waals surface area (Å²) < 4.78 is 4.90. The number of allylic oxidation sites excluding steroid dienone is 1. The predicted molar refractivity (Wildman–Crippen MR) is 80.7 cm³/mol. The lowest BCUT2D eigenvalue weighted by molar-refractivity contribution is -0.144. The first-order valence-electron chi connectivity index (χ1n) is 7.41. The molecule has 1 aliphatic rings. The topological polar surface area (TPSA) is 55.4 Å². The van der Waals surface area contributed by atoms with Crippen LogP contribution in [0.15, 0.2) is 36.4 Å². The molecule has 0 unspecified atom stereocenters. The lowest BCUT2D eigenvalue weighted by Gasteiger charge is -2.26. The Balaban J connectivity index is 1.86. The first-order valence-corrected chi connectivity index (χ1v) is 7.41. The molecule has 1 N–H and O–H groups in total. The Morgan fingerprint density at radius 2 is 2.19 bits per heavy atom. The molecular formula is C17H21NO3. The van der Waals surface area contributed by atoms with Crippen molar-refractivity contribution in [3.8, 4) is 0 Å². The highest BCUT2D eigenvalue weighted by molar-refractivity contribution is 5.85. The van der Waals surface area contributed by atoms with E-state index in [4.69, 9.17) is 4.74 Å². The minimum absolute atomic E-state index is 0.0207. The molecule has 0 heterocycles. The van der Waals surface area contributed by atoms with Crippen molar-refractivity contribution < 1.29 is 14.3 Å². The van der Waals surface area contributed by atoms with Gasteiger partial charge in [0, 0.05) is 6.08 Å². The van der Waals surface area contributed by atoms with Gasteiger partial charge < -0.3 is 10.1 Å². The van der Waals surface area contributed by atoms with Crippen molar-refractivity contribution in [1.82, 2.24) is 5.32 Å². The van der Waals surface area contributed by atoms with Crippen molar-refractivity contribution in [1.29, 1.82) is 0 Å². The summed E-state index contributed by atoms with van der Waals surface area (Å²) in [5.74, 6) is -0.731. The summed E-state index contributed by atoms with van der Waals surface area (Å²) in [5, 5.41) is 2.95. The van der Waals surface area contributed by atoms with Gasteiger partial charge in [-0.25, -0.2) is 4.79 Å². The second-order valence-corrected chi connectivity index (χ2v) is 5.13. The molecular weight excluding hydrogens is 266 g/mol. The van der Waals surface area contributed by atoms with Gasteiger partial charge in [0.05, 0.1) is 6.04 Å². The van der Waals surface area contributed by atoms with E-state index in [2.05, 4.69) is 17.4 Å². The summed E-state index contributed by atoms with van der Waals surface area (Å²) in [6.07, 6.45) is 6.85. The van der Waals surface area contributed by atoms with Gasteiger partial charge >= 0.3 is 5.97 Å². The summed E-state index contributed by atoms with van der Waals surface area (Å²) in [4.78, 5) is 23.2. The van der Waals surface area contributed by atoms with Gasteiger partial charge in [-0.05, 0) is 36.8 Å². The molecule has 21 heavy (non-hydrogen) atoms. The van der Waals surface area contributed by atoms with E-state index in [0.717, 1.165) is 25.7 Å². The minimum Gasteiger partial charge on any atom is -0.452 e. The zero-order valence-electron chi connectivity index (χ0n) is 12.3. The largest absolute Gasteiger partial charge is 0.452 e. The average molecular weight is 287 g/mol. The number of rotatable bonds is 5. The molecule has 1 aliphatic carbocycles. The van der Waals surface area contributed by atoms with Crippen LogP contribution in [0.4, 0.5) is 0 Å². The van der Waals surface area contributed by atoms with Crippen LogP contribution in [0.2, 0.25) is 0 Å². The van der Waals surface area contributed by atoms with Gasteiger partial charge in [0.15, 0.2) is 6.61 Å². The first-order chi connectivity index (χ1) is 10.2. The third-order valence-electron chi connectivity index (χ3n) is 3.54. The number of carbonyl (C=O) groups is 2. The number of carbonyl (C=O) groups excluding carboxylic acids is 2. The Bertz CT molecular complexity index is 537. The Labute approximate surface area is 125 Å². The fraction of sp³-hybridized carbons (Fsp3) is 0.412. The van der Waals surface area contributed by atoms with Crippen LogP contribution < -0.4 is 5.32 Å². The molecule has 0 bridgehead atoms. The number of amides is 1. The van der Waals surface area contributed by atoms with Crippen LogP contribution >= 0.6 is 0 Å². The molecule has 0 radical (unpaired) electrons. The summed E-state index contributed by atoms with van der Waals surface area (Å²) in [5.41, 5.74) is 2.46. The van der Waals surface area contributed by atoms with E-state index in [0.29, 0.717) is 0 Å². The Kier molecular flexibility index (Phi) is 5.55. The number of ether oxygens (including phenoxy) is 1. The third kappa shape index (κ3) is 4.45. The van der Waals surface area contributed by atoms with Crippen molar-refractivity contribution >= 4 is 11.9 Å². The number of fused-ring (bicyclic) bond motifs is 1. The highest BCUT2D eigenvalue weighted by Crippen LogP contribution is 2.29. The molecule has 4 nitrogen and oxygen atoms in total. The molecule has 4 heteroatoms. The van der Waals surface area contributed by atoms with Crippen LogP contribution in [0.3, 0.4) is 0 Å². The van der Waals surface area contributed by atoms with E-state index in [1.807, 2.05) is 19.1 Å². The van der Waals surface area contributed by atoms with Gasteiger partial charge in [-0.3, -0.25) is 4.79 Å². The minimum atomic E-state index is -0.476. The lowest BCUT2D eigenvalue weighted by atomic mass is 9.88. The number of esters is 1. The molecule has 0 saturated heterocycles. The summed E-state index contributed by atoms with van der Waals surface area (Å²) in [6, 6.07) is 8.18. The molecule has 0 fully saturated rings. The second-order valence-electron chi connectivity index (χ2n) is 5.13. The standard InChI is InChI=1S/C17H21NO3/c1-2-3-11-17(20)21-12-16(19)18-15-10-6-8-13-7-4-5-9-14(13)15/h3-5,7,9,11,15H,2,6,8,10,12H2,1H3,(H,18,19)/b11-3+/t15-/m1/s1. The van der Waals surface area contributed by atoms with Crippen molar-refractivity contribution in [3.05, 3.63) is 47.5 Å². The zero-order valence-corrected chi connectivity index (χ0v) is 12.3. The van der Waals surface area contributed by atoms with Gasteiger partial charge in [-0.1, -0.05) is 37.3 Å². The molecule has 1 amide bonds. The SMILES string of the molecule is CC/C=C/C(=O)OCC(=O)N[C@@H]1CCCc2ccccc21. The Morgan fingerprint density at radius 3 is 3.00 bits per heavy atom. The Hall–Kier alpha value is -2.10. The molecule has 1 aromatic rings. The molecule has 1 atom stereocenters. The van der Waals surface area contributed by atoms with E-state index in [9.17, 15) is 9.59 Å². The van der Waals surface area contributed by atoms with Gasteiger partial charge in [0.2, 0.25) is 0 Å². The maximum Gasteiger partial charge on any atom is 0.330 e. The lowest BCUT2D eigenvalue weighted by Crippen LogP contribution is -2.34. The van der Waals surface area contributed by atoms with Gasteiger partial charge in [0.1, 0.15) is 0 Å². The quantitative estimate of drug-likeness (QED) is 0.669. The van der Waals surface area contributed by atoms with Crippen LogP contribution in [0.25, 0.3) is 0 Å². The summed E-state index contributed by atoms with van der Waals surface area (Å²) in [7, 11) is 0. The van der Waals surface area contributed by atoms with E-state index >= 15 is 0 Å². The Morgan fingerprint density at radius 1 is 1.38 bits per heavy atom. The number of aryl methyl sites for hydroxylation is 1. The van der Waals surface area contributed by atoms with E-state index in [1.165, 1.54) is 17.2 Å². The number of hydrogen-bond donors (Lipinski definition) is 1. The predicted octanol–water partition coefficient (Wildman–Crippen LogP) is 2.69. The van der Waals surface area contributed by atoms with Crippen LogP contribution in [-0.4, -0.2) is 18.5 Å². The molecule has 0 saturated carbocycles. The average Bonchev–Trinajstić information content (AvgIpc) is 2.51. The van der Waals surface area contributed by atoms with Crippen molar-refractivity contribution in [3.63, 3.8) is 0 Å². The number of benzene rings is 1. The third-order valence-corrected chi connectivity index (χ3v) is 3.54. The second kappa shape index (κ2) is 7.62. The molecule has 0 aromatic heterocycles. The van der Waals surface area contributed by atoms with Crippen LogP contribution in [0.1, 0.15) is 43.4 Å². The number of nitrogens with one attached hydrogen (secondary N) is 1. The fourth-order valence-electron chi connectivity index (χ4n) is 2.54. The highest BCUT2D eigenvalue weighted by Gasteiger charge is 2.21. The fourth-order valence-corrected chi connectivity index (χ4v) is 2.54. The van der Waals surface area contributed by atoms with E-state index < -0.39 is 5.97 Å². The zero-order chi connectivity index (χ0) is 15.1. The molecule has 0 spiro atoms. The van der Waals surface area contributed by atoms with Gasteiger partial charge in [0.25, 0.3) is 5.91 Å². The highest BCUT2D eigenvalue weighted by atomic mass is 16.5. The number of hydrogen-bond acceptors (Lipinski definition) is 3. The van der Waals surface area contributed by atoms with E-state index in [1.54, 1.807) is 6.08 Å². The molecule has 2 rings (SSSR count). The van der Waals surface area contributed by atoms with E-state index in [-0.39, 0.29) is 18.6 Å². The maximum atomic E-state index is 11.9. The van der Waals surface area contributed by atoms with Gasteiger partial charge in [-0.15, -0.1) is 0 Å². The first kappa shape index (κ1) is 15.3. The normalized spacial score (nSPS) is 17.3. The smallest absolute Gasteiger partial charge is 0.330 e. The molecule has 112 valence electrons. The van der Waals surface area contributed by atoms with Crippen LogP contribution in [0.5, 0.6) is 0 Å². The van der Waals surface area contributed by atoms with Crippen LogP contribution in [0, 0.1) is 0 Å². The van der Waals surface area contributed by atoms with Crippen molar-refractivity contribution in [2.24, 2.45) is 0 Å². The monoisotopic (exact) mass is 287 g/mol. The molecule has 1 aromatic carbocycles. The van der Waals surface area contributed by atoms with Gasteiger partial charge in [-0.2, -0.15) is 0 Å².